The van der Waals surface area contributed by atoms with Crippen LogP contribution in [0.3, 0.4) is 0 Å². The summed E-state index contributed by atoms with van der Waals surface area (Å²) in [5.41, 5.74) is 0.894. The van der Waals surface area contributed by atoms with Gasteiger partial charge in [-0.3, -0.25) is 4.79 Å². The number of benzene rings is 2. The molecule has 0 N–H and O–H groups in total. The van der Waals surface area contributed by atoms with Gasteiger partial charge in [0.05, 0.1) is 18.8 Å². The van der Waals surface area contributed by atoms with Gasteiger partial charge in [-0.15, -0.1) is 5.10 Å². The van der Waals surface area contributed by atoms with Crippen LogP contribution in [0.15, 0.2) is 47.3 Å². The maximum absolute atomic E-state index is 13.8. The van der Waals surface area contributed by atoms with E-state index in [2.05, 4.69) is 10.1 Å². The molecule has 0 aliphatic heterocycles. The molecule has 0 atom stereocenters. The predicted octanol–water partition coefficient (Wildman–Crippen LogP) is 3.03. The Hall–Kier alpha value is -3.52. The standard InChI is InChI=1S/C21H16FN3O3S/c1-27-16-9-7-13(11-17(16)28-2)8-10-19-23-21-25(24-19)20(26)18(29-21)12-14-5-3-4-6-15(14)22/h3-12H,1-2H3/b10-8+,18-12-. The predicted molar refractivity (Wildman–Crippen MR) is 111 cm³/mol. The molecule has 0 radical (unpaired) electrons. The Kier molecular flexibility index (Phi) is 5.09. The Balaban J connectivity index is 1.65. The van der Waals surface area contributed by atoms with Crippen LogP contribution in [-0.2, 0) is 0 Å². The number of ether oxygens (including phenoxy) is 2. The highest BCUT2D eigenvalue weighted by atomic mass is 32.1. The van der Waals surface area contributed by atoms with Crippen molar-refractivity contribution in [2.75, 3.05) is 14.2 Å². The highest BCUT2D eigenvalue weighted by molar-refractivity contribution is 7.15. The molecule has 0 amide bonds. The van der Waals surface area contributed by atoms with Gasteiger partial charge < -0.3 is 9.47 Å². The van der Waals surface area contributed by atoms with Gasteiger partial charge in [-0.05, 0) is 35.9 Å². The Morgan fingerprint density at radius 2 is 1.86 bits per heavy atom. The fourth-order valence-electron chi connectivity index (χ4n) is 2.78. The number of halogens is 1. The van der Waals surface area contributed by atoms with E-state index in [0.717, 1.165) is 5.56 Å². The molecule has 29 heavy (non-hydrogen) atoms. The number of aromatic nitrogens is 3. The summed E-state index contributed by atoms with van der Waals surface area (Å²) in [4.78, 5) is 17.4. The average molecular weight is 409 g/mol. The van der Waals surface area contributed by atoms with Gasteiger partial charge in [0.1, 0.15) is 5.82 Å². The van der Waals surface area contributed by atoms with Crippen molar-refractivity contribution in [3.8, 4) is 11.5 Å². The fraction of sp³-hybridized carbons (Fsp3) is 0.0952. The summed E-state index contributed by atoms with van der Waals surface area (Å²) >= 11 is 1.17. The second-order valence-electron chi connectivity index (χ2n) is 6.05. The monoisotopic (exact) mass is 409 g/mol. The van der Waals surface area contributed by atoms with Crippen LogP contribution >= 0.6 is 11.3 Å². The summed E-state index contributed by atoms with van der Waals surface area (Å²) in [6.45, 7) is 0. The number of methoxy groups -OCH3 is 2. The van der Waals surface area contributed by atoms with Crippen LogP contribution in [0.2, 0.25) is 0 Å². The van der Waals surface area contributed by atoms with Crippen LogP contribution in [0.1, 0.15) is 17.0 Å². The molecule has 0 saturated carbocycles. The number of nitrogens with zero attached hydrogens (tertiary/aromatic N) is 3. The molecular weight excluding hydrogens is 393 g/mol. The minimum atomic E-state index is -0.385. The molecule has 4 rings (SSSR count). The second kappa shape index (κ2) is 7.84. The van der Waals surface area contributed by atoms with Crippen molar-refractivity contribution in [1.29, 1.82) is 0 Å². The smallest absolute Gasteiger partial charge is 0.291 e. The summed E-state index contributed by atoms with van der Waals surface area (Å²) in [6.07, 6.45) is 5.04. The van der Waals surface area contributed by atoms with Crippen LogP contribution in [0.25, 0.3) is 23.2 Å². The van der Waals surface area contributed by atoms with E-state index in [1.54, 1.807) is 44.6 Å². The first-order chi connectivity index (χ1) is 14.1. The molecule has 146 valence electrons. The van der Waals surface area contributed by atoms with Gasteiger partial charge in [0.15, 0.2) is 17.3 Å². The zero-order chi connectivity index (χ0) is 20.4. The van der Waals surface area contributed by atoms with Crippen molar-refractivity contribution in [2.45, 2.75) is 0 Å². The maximum atomic E-state index is 13.8. The highest BCUT2D eigenvalue weighted by Gasteiger charge is 2.10. The van der Waals surface area contributed by atoms with Crippen LogP contribution in [0.4, 0.5) is 4.39 Å². The molecule has 2 aromatic carbocycles. The molecule has 0 spiro atoms. The van der Waals surface area contributed by atoms with Crippen molar-refractivity contribution in [3.05, 3.63) is 80.1 Å². The Bertz CT molecular complexity index is 1330. The maximum Gasteiger partial charge on any atom is 0.291 e. The van der Waals surface area contributed by atoms with E-state index >= 15 is 0 Å². The molecule has 0 aliphatic carbocycles. The van der Waals surface area contributed by atoms with E-state index in [9.17, 15) is 9.18 Å². The minimum Gasteiger partial charge on any atom is -0.493 e. The van der Waals surface area contributed by atoms with Crippen molar-refractivity contribution >= 4 is 34.5 Å². The molecule has 0 fully saturated rings. The molecule has 2 heterocycles. The first-order valence-corrected chi connectivity index (χ1v) is 9.46. The average Bonchev–Trinajstić information content (AvgIpc) is 3.26. The third-order valence-corrected chi connectivity index (χ3v) is 5.18. The van der Waals surface area contributed by atoms with Crippen molar-refractivity contribution in [2.24, 2.45) is 0 Å². The van der Waals surface area contributed by atoms with Crippen LogP contribution < -0.4 is 19.6 Å². The van der Waals surface area contributed by atoms with E-state index in [0.29, 0.717) is 32.4 Å². The van der Waals surface area contributed by atoms with Gasteiger partial charge in [-0.1, -0.05) is 41.7 Å². The van der Waals surface area contributed by atoms with E-state index < -0.39 is 0 Å². The largest absolute Gasteiger partial charge is 0.493 e. The molecule has 0 saturated heterocycles. The fourth-order valence-corrected chi connectivity index (χ4v) is 3.69. The molecular formula is C21H16FN3O3S. The molecule has 6 nitrogen and oxygen atoms in total. The number of rotatable bonds is 5. The Morgan fingerprint density at radius 1 is 1.07 bits per heavy atom. The minimum absolute atomic E-state index is 0.327. The van der Waals surface area contributed by atoms with E-state index in [-0.39, 0.29) is 11.4 Å². The summed E-state index contributed by atoms with van der Waals surface area (Å²) in [5.74, 6) is 1.27. The van der Waals surface area contributed by atoms with Gasteiger partial charge >= 0.3 is 0 Å². The molecule has 4 aromatic rings. The number of hydrogen-bond acceptors (Lipinski definition) is 6. The Morgan fingerprint density at radius 3 is 2.59 bits per heavy atom. The van der Waals surface area contributed by atoms with Crippen molar-refractivity contribution in [3.63, 3.8) is 0 Å². The van der Waals surface area contributed by atoms with Gasteiger partial charge in [-0.25, -0.2) is 4.39 Å². The first kappa shape index (κ1) is 18.8. The second-order valence-corrected chi connectivity index (χ2v) is 7.06. The van der Waals surface area contributed by atoms with Crippen LogP contribution in [0, 0.1) is 5.82 Å². The zero-order valence-corrected chi connectivity index (χ0v) is 16.4. The molecule has 8 heteroatoms. The third kappa shape index (κ3) is 3.74. The number of hydrogen-bond donors (Lipinski definition) is 0. The van der Waals surface area contributed by atoms with E-state index in [4.69, 9.17) is 9.47 Å². The quantitative estimate of drug-likeness (QED) is 0.507. The van der Waals surface area contributed by atoms with Gasteiger partial charge in [0, 0.05) is 5.56 Å². The van der Waals surface area contributed by atoms with Crippen molar-refractivity contribution in [1.82, 2.24) is 14.6 Å². The lowest BCUT2D eigenvalue weighted by atomic mass is 10.2. The summed E-state index contributed by atoms with van der Waals surface area (Å²) < 4.78 is 25.9. The summed E-state index contributed by atoms with van der Waals surface area (Å²) in [7, 11) is 3.15. The van der Waals surface area contributed by atoms with Gasteiger partial charge in [0.2, 0.25) is 4.96 Å². The van der Waals surface area contributed by atoms with Gasteiger partial charge in [0.25, 0.3) is 5.56 Å². The van der Waals surface area contributed by atoms with E-state index in [1.165, 1.54) is 28.0 Å². The molecule has 0 aliphatic rings. The molecule has 0 unspecified atom stereocenters. The highest BCUT2D eigenvalue weighted by Crippen LogP contribution is 2.28. The van der Waals surface area contributed by atoms with E-state index in [1.807, 2.05) is 18.2 Å². The van der Waals surface area contributed by atoms with Gasteiger partial charge in [-0.2, -0.15) is 9.50 Å². The summed E-state index contributed by atoms with van der Waals surface area (Å²) in [6, 6.07) is 11.8. The number of thiazole rings is 1. The first-order valence-electron chi connectivity index (χ1n) is 8.65. The number of fused-ring (bicyclic) bond motifs is 1. The Labute approximate surface area is 169 Å². The molecule has 0 bridgehead atoms. The lowest BCUT2D eigenvalue weighted by Crippen LogP contribution is -2.23. The zero-order valence-electron chi connectivity index (χ0n) is 15.6. The SMILES string of the molecule is COc1ccc(/C=C/c2nc3s/c(=C\c4ccccc4F)c(=O)n3n2)cc1OC. The van der Waals surface area contributed by atoms with Crippen LogP contribution in [-0.4, -0.2) is 28.8 Å². The molecule has 2 aromatic heterocycles. The summed E-state index contributed by atoms with van der Waals surface area (Å²) in [5, 5.41) is 4.24. The van der Waals surface area contributed by atoms with Crippen molar-refractivity contribution < 1.29 is 13.9 Å². The lowest BCUT2D eigenvalue weighted by Gasteiger charge is -2.07. The van der Waals surface area contributed by atoms with Crippen LogP contribution in [0.5, 0.6) is 11.5 Å². The normalized spacial score (nSPS) is 12.2. The third-order valence-electron chi connectivity index (χ3n) is 4.22. The lowest BCUT2D eigenvalue weighted by molar-refractivity contribution is 0.355. The topological polar surface area (TPSA) is 65.7 Å².